The average molecular weight is 223 g/mol. The van der Waals surface area contributed by atoms with Crippen LogP contribution in [0.3, 0.4) is 0 Å². The minimum atomic E-state index is -0.142. The molecule has 0 fully saturated rings. The Kier molecular flexibility index (Phi) is 7.11. The highest BCUT2D eigenvalue weighted by Gasteiger charge is 1.91. The minimum Gasteiger partial charge on any atom is -0.341 e. The van der Waals surface area contributed by atoms with Crippen LogP contribution in [0, 0.1) is 0 Å². The molecule has 0 atom stereocenters. The van der Waals surface area contributed by atoms with E-state index >= 15 is 0 Å². The van der Waals surface area contributed by atoms with Gasteiger partial charge < -0.3 is 16.0 Å². The van der Waals surface area contributed by atoms with Crippen molar-refractivity contribution in [1.82, 2.24) is 10.3 Å². The molecule has 0 saturated heterocycles. The molecule has 0 aliphatic rings. The maximum atomic E-state index is 5.38. The van der Waals surface area contributed by atoms with Crippen LogP contribution in [-0.2, 0) is 6.42 Å². The summed E-state index contributed by atoms with van der Waals surface area (Å²) in [6.07, 6.45) is 2.26. The zero-order chi connectivity index (χ0) is 10.8. The van der Waals surface area contributed by atoms with Crippen LogP contribution >= 0.6 is 0 Å². The quantitative estimate of drug-likeness (QED) is 0.408. The zero-order valence-electron chi connectivity index (χ0n) is 9.21. The second-order valence-electron chi connectivity index (χ2n) is 3.52. The van der Waals surface area contributed by atoms with Gasteiger partial charge in [-0.15, -0.1) is 0 Å². The zero-order valence-corrected chi connectivity index (χ0v) is 10.6. The number of hydrogen-bond donors (Lipinski definition) is 3. The second kappa shape index (κ2) is 8.61. The molecule has 0 spiro atoms. The summed E-state index contributed by atoms with van der Waals surface area (Å²) in [4.78, 5) is 3.53. The maximum absolute atomic E-state index is 5.38. The number of rotatable bonds is 8. The fourth-order valence-electron chi connectivity index (χ4n) is 1.41. The molecule has 0 aliphatic carbocycles. The lowest BCUT2D eigenvalue weighted by molar-refractivity contribution is 0.766. The van der Waals surface area contributed by atoms with Gasteiger partial charge in [-0.1, -0.05) is 30.3 Å². The third-order valence-electron chi connectivity index (χ3n) is 2.23. The molecule has 0 heterocycles. The molecule has 0 aromatic heterocycles. The lowest BCUT2D eigenvalue weighted by Gasteiger charge is -2.05. The average Bonchev–Trinajstić information content (AvgIpc) is 2.29. The largest absolute Gasteiger partial charge is 0.341 e. The minimum absolute atomic E-state index is 0.142. The van der Waals surface area contributed by atoms with Gasteiger partial charge in [-0.2, -0.15) is 0 Å². The van der Waals surface area contributed by atoms with Crippen molar-refractivity contribution in [2.45, 2.75) is 6.42 Å². The summed E-state index contributed by atoms with van der Waals surface area (Å²) in [5, 5.41) is 3.31. The van der Waals surface area contributed by atoms with E-state index in [4.69, 9.17) is 5.73 Å². The third-order valence-corrected chi connectivity index (χ3v) is 3.54. The van der Waals surface area contributed by atoms with E-state index in [0.717, 1.165) is 32.2 Å². The first kappa shape index (κ1) is 12.4. The van der Waals surface area contributed by atoms with Crippen LogP contribution in [0.1, 0.15) is 5.56 Å². The molecule has 1 rings (SSSR count). The Morgan fingerprint density at radius 2 is 1.93 bits per heavy atom. The van der Waals surface area contributed by atoms with Gasteiger partial charge >= 0.3 is 0 Å². The van der Waals surface area contributed by atoms with Crippen molar-refractivity contribution >= 4 is 9.68 Å². The highest BCUT2D eigenvalue weighted by molar-refractivity contribution is 6.32. The summed E-state index contributed by atoms with van der Waals surface area (Å²) >= 11 is 0. The molecule has 1 aromatic rings. The summed E-state index contributed by atoms with van der Waals surface area (Å²) in [7, 11) is -0.142. The predicted octanol–water partition coefficient (Wildman–Crippen LogP) is -0.592. The van der Waals surface area contributed by atoms with E-state index < -0.39 is 0 Å². The standard InChI is InChI=1S/C11H21N3Si/c12-7-9-13-10-15-14-8-6-11-4-2-1-3-5-11/h1-5,13-14H,6-10,12,15H2. The monoisotopic (exact) mass is 223 g/mol. The first-order chi connectivity index (χ1) is 7.43. The number of hydrogen-bond acceptors (Lipinski definition) is 3. The molecule has 15 heavy (non-hydrogen) atoms. The van der Waals surface area contributed by atoms with Crippen LogP contribution < -0.4 is 16.0 Å². The lowest BCUT2D eigenvalue weighted by Crippen LogP contribution is -2.34. The number of nitrogens with one attached hydrogen (secondary N) is 2. The summed E-state index contributed by atoms with van der Waals surface area (Å²) in [5.41, 5.74) is 6.79. The van der Waals surface area contributed by atoms with Crippen LogP contribution in [0.15, 0.2) is 30.3 Å². The number of nitrogens with two attached hydrogens (primary N) is 1. The Labute approximate surface area is 94.4 Å². The Bertz CT molecular complexity index is 241. The van der Waals surface area contributed by atoms with Crippen molar-refractivity contribution in [2.24, 2.45) is 5.73 Å². The number of benzene rings is 1. The van der Waals surface area contributed by atoms with Crippen molar-refractivity contribution in [3.8, 4) is 0 Å². The fraction of sp³-hybridized carbons (Fsp3) is 0.455. The molecule has 0 saturated carbocycles. The molecule has 1 aromatic carbocycles. The van der Waals surface area contributed by atoms with E-state index in [0.29, 0.717) is 0 Å². The molecular weight excluding hydrogens is 202 g/mol. The topological polar surface area (TPSA) is 50.1 Å². The van der Waals surface area contributed by atoms with Crippen LogP contribution in [0.2, 0.25) is 0 Å². The van der Waals surface area contributed by atoms with Crippen LogP contribution in [0.4, 0.5) is 0 Å². The van der Waals surface area contributed by atoms with Crippen LogP contribution in [0.25, 0.3) is 0 Å². The summed E-state index contributed by atoms with van der Waals surface area (Å²) < 4.78 is 0. The van der Waals surface area contributed by atoms with E-state index in [9.17, 15) is 0 Å². The highest BCUT2D eigenvalue weighted by Crippen LogP contribution is 1.97. The molecule has 4 heteroatoms. The summed E-state index contributed by atoms with van der Waals surface area (Å²) in [5.74, 6) is 0. The molecule has 0 unspecified atom stereocenters. The Morgan fingerprint density at radius 3 is 2.67 bits per heavy atom. The molecule has 0 radical (unpaired) electrons. The first-order valence-corrected chi connectivity index (χ1v) is 7.29. The Hall–Kier alpha value is -0.683. The molecular formula is C11H21N3Si. The van der Waals surface area contributed by atoms with Gasteiger partial charge in [0.2, 0.25) is 0 Å². The second-order valence-corrected chi connectivity index (χ2v) is 5.02. The Balaban J connectivity index is 1.93. The normalized spacial score (nSPS) is 11.3. The van der Waals surface area contributed by atoms with E-state index in [1.807, 2.05) is 0 Å². The lowest BCUT2D eigenvalue weighted by atomic mass is 10.2. The highest BCUT2D eigenvalue weighted by atomic mass is 28.2. The van der Waals surface area contributed by atoms with Crippen LogP contribution in [-0.4, -0.2) is 35.5 Å². The SMILES string of the molecule is NCCNC[SiH2]NCCc1ccccc1. The van der Waals surface area contributed by atoms with Crippen molar-refractivity contribution in [3.63, 3.8) is 0 Å². The molecule has 84 valence electrons. The third kappa shape index (κ3) is 6.41. The van der Waals surface area contributed by atoms with Gasteiger partial charge in [0, 0.05) is 13.1 Å². The van der Waals surface area contributed by atoms with Gasteiger partial charge in [0.05, 0.1) is 0 Å². The van der Waals surface area contributed by atoms with Gasteiger partial charge in [0.1, 0.15) is 9.68 Å². The predicted molar refractivity (Wildman–Crippen MR) is 68.6 cm³/mol. The fourth-order valence-corrected chi connectivity index (χ4v) is 2.44. The summed E-state index contributed by atoms with van der Waals surface area (Å²) in [6.45, 7) is 2.77. The van der Waals surface area contributed by atoms with E-state index in [1.165, 1.54) is 5.56 Å². The molecule has 0 bridgehead atoms. The van der Waals surface area contributed by atoms with E-state index in [2.05, 4.69) is 40.6 Å². The van der Waals surface area contributed by atoms with Crippen molar-refractivity contribution in [3.05, 3.63) is 35.9 Å². The van der Waals surface area contributed by atoms with E-state index in [-0.39, 0.29) is 9.68 Å². The summed E-state index contributed by atoms with van der Waals surface area (Å²) in [6, 6.07) is 10.6. The van der Waals surface area contributed by atoms with Crippen molar-refractivity contribution < 1.29 is 0 Å². The Morgan fingerprint density at radius 1 is 1.13 bits per heavy atom. The van der Waals surface area contributed by atoms with Gasteiger partial charge in [-0.25, -0.2) is 0 Å². The van der Waals surface area contributed by atoms with Crippen LogP contribution in [0.5, 0.6) is 0 Å². The molecule has 3 nitrogen and oxygen atoms in total. The van der Waals surface area contributed by atoms with Crippen molar-refractivity contribution in [2.75, 3.05) is 25.8 Å². The van der Waals surface area contributed by atoms with Gasteiger partial charge in [0.25, 0.3) is 0 Å². The van der Waals surface area contributed by atoms with Gasteiger partial charge in [0.15, 0.2) is 0 Å². The first-order valence-electron chi connectivity index (χ1n) is 5.59. The van der Waals surface area contributed by atoms with Gasteiger partial charge in [-0.05, 0) is 24.7 Å². The molecule has 4 N–H and O–H groups in total. The molecule has 0 aliphatic heterocycles. The van der Waals surface area contributed by atoms with Crippen molar-refractivity contribution in [1.29, 1.82) is 0 Å². The van der Waals surface area contributed by atoms with Gasteiger partial charge in [-0.3, -0.25) is 0 Å². The maximum Gasteiger partial charge on any atom is 0.105 e. The smallest absolute Gasteiger partial charge is 0.105 e. The van der Waals surface area contributed by atoms with E-state index in [1.54, 1.807) is 0 Å². The molecule has 0 amide bonds.